The maximum Gasteiger partial charge on any atom is 0.384 e. The Balaban J connectivity index is 3.04. The summed E-state index contributed by atoms with van der Waals surface area (Å²) in [7, 11) is 0. The molecule has 0 unspecified atom stereocenters. The zero-order valence-corrected chi connectivity index (χ0v) is 9.58. The smallest absolute Gasteiger partial charge is 0.384 e. The Bertz CT molecular complexity index is 523. The van der Waals surface area contributed by atoms with Gasteiger partial charge >= 0.3 is 11.0 Å². The highest BCUT2D eigenvalue weighted by molar-refractivity contribution is 7.17. The lowest BCUT2D eigenvalue weighted by Crippen LogP contribution is -1.99. The Morgan fingerprint density at radius 2 is 2.41 bits per heavy atom. The summed E-state index contributed by atoms with van der Waals surface area (Å²) in [6.45, 7) is 1.80. The van der Waals surface area contributed by atoms with E-state index in [0.29, 0.717) is 17.6 Å². The van der Waals surface area contributed by atoms with Crippen molar-refractivity contribution in [2.24, 2.45) is 0 Å². The zero-order valence-electron chi connectivity index (χ0n) is 8.76. The molecular formula is C10H7NO5S. The van der Waals surface area contributed by atoms with Crippen molar-refractivity contribution in [2.75, 3.05) is 6.61 Å². The van der Waals surface area contributed by atoms with E-state index in [2.05, 4.69) is 16.6 Å². The number of thiophene rings is 1. The van der Waals surface area contributed by atoms with E-state index in [1.807, 2.05) is 0 Å². The summed E-state index contributed by atoms with van der Waals surface area (Å²) < 4.78 is 4.55. The molecule has 0 N–H and O–H groups in total. The van der Waals surface area contributed by atoms with Crippen LogP contribution in [-0.4, -0.2) is 23.8 Å². The molecule has 17 heavy (non-hydrogen) atoms. The predicted octanol–water partition coefficient (Wildman–Crippen LogP) is 1.38. The molecule has 1 aromatic rings. The SMILES string of the molecule is CCOC(=O)C#Cc1cc(C=O)sc1[N+](=O)[O-]. The molecular weight excluding hydrogens is 246 g/mol. The van der Waals surface area contributed by atoms with Gasteiger partial charge in [-0.25, -0.2) is 4.79 Å². The average molecular weight is 253 g/mol. The Kier molecular flexibility index (Phi) is 4.37. The topological polar surface area (TPSA) is 86.5 Å². The normalized spacial score (nSPS) is 9.00. The lowest BCUT2D eigenvalue weighted by atomic mass is 10.3. The van der Waals surface area contributed by atoms with E-state index in [0.717, 1.165) is 0 Å². The number of hydrogen-bond acceptors (Lipinski definition) is 6. The highest BCUT2D eigenvalue weighted by Gasteiger charge is 2.17. The summed E-state index contributed by atoms with van der Waals surface area (Å²) in [6.07, 6.45) is 0.493. The summed E-state index contributed by atoms with van der Waals surface area (Å²) in [5.74, 6) is 3.66. The van der Waals surface area contributed by atoms with Gasteiger partial charge in [-0.1, -0.05) is 11.3 Å². The first kappa shape index (κ1) is 12.9. The van der Waals surface area contributed by atoms with Crippen LogP contribution in [0.1, 0.15) is 22.2 Å². The van der Waals surface area contributed by atoms with Crippen molar-refractivity contribution in [1.82, 2.24) is 0 Å². The van der Waals surface area contributed by atoms with Gasteiger partial charge in [0.25, 0.3) is 0 Å². The number of aldehydes is 1. The fraction of sp³-hybridized carbons (Fsp3) is 0.200. The van der Waals surface area contributed by atoms with Crippen LogP contribution in [0.15, 0.2) is 6.07 Å². The van der Waals surface area contributed by atoms with Crippen molar-refractivity contribution in [2.45, 2.75) is 6.92 Å². The Labute approximate surface area is 100 Å². The van der Waals surface area contributed by atoms with Crippen molar-refractivity contribution in [3.63, 3.8) is 0 Å². The molecule has 0 amide bonds. The van der Waals surface area contributed by atoms with Crippen LogP contribution in [0.4, 0.5) is 5.00 Å². The summed E-state index contributed by atoms with van der Waals surface area (Å²) in [5, 5.41) is 10.4. The minimum Gasteiger partial charge on any atom is -0.456 e. The van der Waals surface area contributed by atoms with Crippen LogP contribution in [0.3, 0.4) is 0 Å². The van der Waals surface area contributed by atoms with Crippen molar-refractivity contribution < 1.29 is 19.2 Å². The summed E-state index contributed by atoms with van der Waals surface area (Å²) in [6, 6.07) is 1.27. The zero-order chi connectivity index (χ0) is 12.8. The average Bonchev–Trinajstić information content (AvgIpc) is 2.70. The van der Waals surface area contributed by atoms with Crippen LogP contribution in [0.25, 0.3) is 0 Å². The molecule has 0 saturated heterocycles. The molecule has 1 aromatic heterocycles. The van der Waals surface area contributed by atoms with Gasteiger partial charge < -0.3 is 4.74 Å². The van der Waals surface area contributed by atoms with E-state index in [4.69, 9.17) is 0 Å². The molecule has 7 heteroatoms. The van der Waals surface area contributed by atoms with Crippen LogP contribution >= 0.6 is 11.3 Å². The van der Waals surface area contributed by atoms with E-state index < -0.39 is 10.9 Å². The van der Waals surface area contributed by atoms with Gasteiger partial charge in [-0.3, -0.25) is 14.9 Å². The second-order valence-corrected chi connectivity index (χ2v) is 3.78. The number of ether oxygens (including phenoxy) is 1. The molecule has 0 fully saturated rings. The number of nitrogens with zero attached hydrogens (tertiary/aromatic N) is 1. The molecule has 0 radical (unpaired) electrons. The molecule has 0 atom stereocenters. The fourth-order valence-electron chi connectivity index (χ4n) is 0.969. The quantitative estimate of drug-likeness (QED) is 0.267. The van der Waals surface area contributed by atoms with Crippen LogP contribution in [0, 0.1) is 22.0 Å². The Morgan fingerprint density at radius 3 is 2.94 bits per heavy atom. The van der Waals surface area contributed by atoms with Gasteiger partial charge in [-0.05, 0) is 18.9 Å². The third kappa shape index (κ3) is 3.39. The minimum absolute atomic E-state index is 0.0372. The maximum absolute atomic E-state index is 10.9. The van der Waals surface area contributed by atoms with E-state index >= 15 is 0 Å². The summed E-state index contributed by atoms with van der Waals surface area (Å²) in [5.41, 5.74) is 0.0372. The van der Waals surface area contributed by atoms with Gasteiger partial charge in [-0.15, -0.1) is 0 Å². The lowest BCUT2D eigenvalue weighted by Gasteiger charge is -1.90. The molecule has 6 nitrogen and oxygen atoms in total. The Hall–Kier alpha value is -2.20. The first-order valence-electron chi connectivity index (χ1n) is 4.50. The van der Waals surface area contributed by atoms with Crippen molar-refractivity contribution in [3.8, 4) is 11.8 Å². The second-order valence-electron chi connectivity index (χ2n) is 2.71. The number of hydrogen-bond donors (Lipinski definition) is 0. The third-order valence-electron chi connectivity index (χ3n) is 1.59. The van der Waals surface area contributed by atoms with Gasteiger partial charge in [-0.2, -0.15) is 0 Å². The number of carbonyl (C=O) groups excluding carboxylic acids is 2. The first-order valence-corrected chi connectivity index (χ1v) is 5.32. The van der Waals surface area contributed by atoms with Gasteiger partial charge in [0.05, 0.1) is 16.4 Å². The largest absolute Gasteiger partial charge is 0.456 e. The molecule has 0 bridgehead atoms. The predicted molar refractivity (Wildman–Crippen MR) is 59.9 cm³/mol. The second kappa shape index (κ2) is 5.77. The molecule has 1 rings (SSSR count). The first-order chi connectivity index (χ1) is 8.08. The van der Waals surface area contributed by atoms with Gasteiger partial charge in [0.2, 0.25) is 0 Å². The highest BCUT2D eigenvalue weighted by Crippen LogP contribution is 2.28. The third-order valence-corrected chi connectivity index (χ3v) is 2.60. The molecule has 0 aliphatic carbocycles. The van der Waals surface area contributed by atoms with Crippen molar-refractivity contribution >= 4 is 28.6 Å². The van der Waals surface area contributed by atoms with Crippen LogP contribution in [-0.2, 0) is 9.53 Å². The summed E-state index contributed by atoms with van der Waals surface area (Å²) in [4.78, 5) is 31.6. The standard InChI is InChI=1S/C10H7NO5S/c1-2-16-9(13)4-3-7-5-8(6-12)17-10(7)11(14)15/h5-6H,2H2,1H3. The minimum atomic E-state index is -0.763. The molecule has 0 aliphatic rings. The van der Waals surface area contributed by atoms with Gasteiger partial charge in [0, 0.05) is 5.92 Å². The van der Waals surface area contributed by atoms with Crippen molar-refractivity contribution in [1.29, 1.82) is 0 Å². The molecule has 88 valence electrons. The molecule has 0 aliphatic heterocycles. The van der Waals surface area contributed by atoms with Gasteiger partial charge in [0.1, 0.15) is 5.56 Å². The molecule has 1 heterocycles. The van der Waals surface area contributed by atoms with Crippen molar-refractivity contribution in [3.05, 3.63) is 26.6 Å². The van der Waals surface area contributed by atoms with E-state index in [9.17, 15) is 19.7 Å². The number of nitro groups is 1. The Morgan fingerprint density at radius 1 is 1.71 bits per heavy atom. The molecule has 0 saturated carbocycles. The number of rotatable bonds is 3. The van der Waals surface area contributed by atoms with E-state index in [1.54, 1.807) is 6.92 Å². The monoisotopic (exact) mass is 253 g/mol. The van der Waals surface area contributed by atoms with Crippen LogP contribution < -0.4 is 0 Å². The highest BCUT2D eigenvalue weighted by atomic mass is 32.1. The van der Waals surface area contributed by atoms with E-state index in [-0.39, 0.29) is 22.0 Å². The van der Waals surface area contributed by atoms with Crippen LogP contribution in [0.2, 0.25) is 0 Å². The molecule has 0 aromatic carbocycles. The maximum atomic E-state index is 10.9. The van der Waals surface area contributed by atoms with Gasteiger partial charge in [0.15, 0.2) is 6.29 Å². The molecule has 0 spiro atoms. The number of esters is 1. The van der Waals surface area contributed by atoms with Crippen LogP contribution in [0.5, 0.6) is 0 Å². The fourth-order valence-corrected chi connectivity index (χ4v) is 1.71. The van der Waals surface area contributed by atoms with E-state index in [1.165, 1.54) is 6.07 Å². The summed E-state index contributed by atoms with van der Waals surface area (Å²) >= 11 is 0.711. The lowest BCUT2D eigenvalue weighted by molar-refractivity contribution is -0.380. The number of carbonyl (C=O) groups is 2.